The molecule has 0 amide bonds. The number of nitrogens with zero attached hydrogens (tertiary/aromatic N) is 2. The van der Waals surface area contributed by atoms with Crippen LogP contribution in [0.1, 0.15) is 38.3 Å². The van der Waals surface area contributed by atoms with Gasteiger partial charge in [-0.1, -0.05) is 38.1 Å². The van der Waals surface area contributed by atoms with Crippen LogP contribution in [0.2, 0.25) is 0 Å². The summed E-state index contributed by atoms with van der Waals surface area (Å²) in [6.45, 7) is 13.6. The Labute approximate surface area is 193 Å². The van der Waals surface area contributed by atoms with Gasteiger partial charge < -0.3 is 20.1 Å². The van der Waals surface area contributed by atoms with Crippen LogP contribution in [0, 0.1) is 5.92 Å². The number of halogens is 1. The summed E-state index contributed by atoms with van der Waals surface area (Å²) < 4.78 is 11.2. The van der Waals surface area contributed by atoms with E-state index >= 15 is 0 Å². The number of hydrogen-bond acceptors (Lipinski definition) is 4. The molecular formula is C22H39IN4O2. The number of benzene rings is 1. The Morgan fingerprint density at radius 1 is 1.14 bits per heavy atom. The van der Waals surface area contributed by atoms with Gasteiger partial charge in [-0.2, -0.15) is 0 Å². The van der Waals surface area contributed by atoms with E-state index in [-0.39, 0.29) is 30.1 Å². The summed E-state index contributed by atoms with van der Waals surface area (Å²) in [7, 11) is 1.81. The largest absolute Gasteiger partial charge is 0.379 e. The lowest BCUT2D eigenvalue weighted by molar-refractivity contribution is 0.0258. The highest BCUT2D eigenvalue weighted by atomic mass is 127. The topological polar surface area (TPSA) is 58.1 Å². The highest BCUT2D eigenvalue weighted by Gasteiger charge is 2.13. The van der Waals surface area contributed by atoms with E-state index in [1.807, 2.05) is 7.05 Å². The summed E-state index contributed by atoms with van der Waals surface area (Å²) in [6.07, 6.45) is 1.26. The van der Waals surface area contributed by atoms with Crippen molar-refractivity contribution in [1.29, 1.82) is 0 Å². The zero-order valence-electron chi connectivity index (χ0n) is 18.4. The molecule has 1 aliphatic heterocycles. The molecule has 1 aromatic carbocycles. The fraction of sp³-hybridized carbons (Fsp3) is 0.682. The van der Waals surface area contributed by atoms with Crippen LogP contribution in [0.25, 0.3) is 0 Å². The summed E-state index contributed by atoms with van der Waals surface area (Å²) >= 11 is 0. The molecule has 1 aromatic rings. The number of guanidine groups is 1. The van der Waals surface area contributed by atoms with E-state index in [9.17, 15) is 0 Å². The van der Waals surface area contributed by atoms with E-state index in [2.05, 4.69) is 65.6 Å². The summed E-state index contributed by atoms with van der Waals surface area (Å²) in [5.74, 6) is 1.35. The van der Waals surface area contributed by atoms with E-state index in [1.54, 1.807) is 0 Å². The molecule has 1 unspecified atom stereocenters. The Kier molecular flexibility index (Phi) is 13.5. The van der Waals surface area contributed by atoms with Gasteiger partial charge in [0.2, 0.25) is 0 Å². The average molecular weight is 518 g/mol. The fourth-order valence-electron chi connectivity index (χ4n) is 3.34. The molecule has 1 atom stereocenters. The van der Waals surface area contributed by atoms with Gasteiger partial charge in [0.05, 0.1) is 19.3 Å². The molecule has 1 fully saturated rings. The van der Waals surface area contributed by atoms with Gasteiger partial charge in [0, 0.05) is 46.4 Å². The summed E-state index contributed by atoms with van der Waals surface area (Å²) in [5, 5.41) is 6.78. The van der Waals surface area contributed by atoms with Gasteiger partial charge in [0.1, 0.15) is 0 Å². The van der Waals surface area contributed by atoms with Crippen molar-refractivity contribution in [3.05, 3.63) is 35.4 Å². The third-order valence-corrected chi connectivity index (χ3v) is 5.06. The second-order valence-electron chi connectivity index (χ2n) is 7.58. The summed E-state index contributed by atoms with van der Waals surface area (Å²) in [4.78, 5) is 6.76. The number of morpholine rings is 1. The number of hydrogen-bond donors (Lipinski definition) is 2. The third kappa shape index (κ3) is 10.1. The second-order valence-corrected chi connectivity index (χ2v) is 7.58. The molecular weight excluding hydrogens is 479 g/mol. The quantitative estimate of drug-likeness (QED) is 0.283. The lowest BCUT2D eigenvalue weighted by atomic mass is 10.0. The van der Waals surface area contributed by atoms with Gasteiger partial charge in [-0.25, -0.2) is 0 Å². The molecule has 0 aromatic heterocycles. The molecule has 0 spiro atoms. The van der Waals surface area contributed by atoms with Crippen molar-refractivity contribution in [3.8, 4) is 0 Å². The van der Waals surface area contributed by atoms with Gasteiger partial charge >= 0.3 is 0 Å². The summed E-state index contributed by atoms with van der Waals surface area (Å²) in [6, 6.07) is 8.83. The monoisotopic (exact) mass is 518 g/mol. The molecule has 1 aliphatic rings. The van der Waals surface area contributed by atoms with Crippen molar-refractivity contribution in [3.63, 3.8) is 0 Å². The molecule has 0 bridgehead atoms. The molecule has 6 nitrogen and oxygen atoms in total. The average Bonchev–Trinajstić information content (AvgIpc) is 2.71. The van der Waals surface area contributed by atoms with Crippen LogP contribution in [-0.4, -0.2) is 63.5 Å². The number of rotatable bonds is 10. The number of nitrogens with one attached hydrogen (secondary N) is 2. The van der Waals surface area contributed by atoms with Crippen LogP contribution < -0.4 is 10.6 Å². The third-order valence-electron chi connectivity index (χ3n) is 5.06. The summed E-state index contributed by atoms with van der Waals surface area (Å²) in [5.41, 5.74) is 2.60. The fourth-order valence-corrected chi connectivity index (χ4v) is 3.34. The van der Waals surface area contributed by atoms with Gasteiger partial charge in [-0.05, 0) is 30.4 Å². The van der Waals surface area contributed by atoms with E-state index in [4.69, 9.17) is 9.47 Å². The van der Waals surface area contributed by atoms with Crippen molar-refractivity contribution in [2.24, 2.45) is 10.9 Å². The maximum Gasteiger partial charge on any atom is 0.191 e. The first-order chi connectivity index (χ1) is 13.6. The van der Waals surface area contributed by atoms with Gasteiger partial charge in [-0.3, -0.25) is 9.89 Å². The van der Waals surface area contributed by atoms with Crippen LogP contribution in [0.3, 0.4) is 0 Å². The number of ether oxygens (including phenoxy) is 2. The smallest absolute Gasteiger partial charge is 0.191 e. The van der Waals surface area contributed by atoms with Crippen molar-refractivity contribution in [2.75, 3.05) is 46.5 Å². The Bertz CT molecular complexity index is 575. The molecule has 166 valence electrons. The Morgan fingerprint density at radius 3 is 2.38 bits per heavy atom. The Balaban J connectivity index is 0.00000420. The lowest BCUT2D eigenvalue weighted by Gasteiger charge is -2.26. The molecule has 29 heavy (non-hydrogen) atoms. The lowest BCUT2D eigenvalue weighted by Crippen LogP contribution is -2.39. The van der Waals surface area contributed by atoms with Crippen molar-refractivity contribution in [2.45, 2.75) is 46.4 Å². The predicted octanol–water partition coefficient (Wildman–Crippen LogP) is 3.25. The molecule has 0 radical (unpaired) electrons. The Hall–Kier alpha value is -0.900. The van der Waals surface area contributed by atoms with Crippen LogP contribution in [0.15, 0.2) is 29.3 Å². The minimum atomic E-state index is 0. The molecule has 0 saturated carbocycles. The molecule has 1 heterocycles. The first kappa shape index (κ1) is 26.1. The zero-order valence-corrected chi connectivity index (χ0v) is 20.8. The van der Waals surface area contributed by atoms with Crippen molar-refractivity contribution >= 4 is 29.9 Å². The Morgan fingerprint density at radius 2 is 1.79 bits per heavy atom. The molecule has 2 rings (SSSR count). The highest BCUT2D eigenvalue weighted by Crippen LogP contribution is 2.10. The SMILES string of the molecule is CCOC(CCNC(=NC)NCc1ccc(CN2CCOCC2)cc1)C(C)C.I. The van der Waals surface area contributed by atoms with Crippen LogP contribution in [0.5, 0.6) is 0 Å². The minimum Gasteiger partial charge on any atom is -0.379 e. The van der Waals surface area contributed by atoms with Crippen molar-refractivity contribution in [1.82, 2.24) is 15.5 Å². The first-order valence-corrected chi connectivity index (χ1v) is 10.6. The van der Waals surface area contributed by atoms with E-state index < -0.39 is 0 Å². The van der Waals surface area contributed by atoms with E-state index in [0.717, 1.165) is 64.9 Å². The van der Waals surface area contributed by atoms with Crippen LogP contribution in [-0.2, 0) is 22.6 Å². The predicted molar refractivity (Wildman–Crippen MR) is 131 cm³/mol. The van der Waals surface area contributed by atoms with Crippen LogP contribution in [0.4, 0.5) is 0 Å². The molecule has 7 heteroatoms. The van der Waals surface area contributed by atoms with Gasteiger partial charge in [0.15, 0.2) is 5.96 Å². The maximum atomic E-state index is 5.80. The molecule has 1 saturated heterocycles. The van der Waals surface area contributed by atoms with Gasteiger partial charge in [-0.15, -0.1) is 24.0 Å². The van der Waals surface area contributed by atoms with E-state index in [0.29, 0.717) is 5.92 Å². The van der Waals surface area contributed by atoms with Crippen LogP contribution >= 0.6 is 24.0 Å². The normalized spacial score (nSPS) is 16.4. The first-order valence-electron chi connectivity index (χ1n) is 10.6. The second kappa shape index (κ2) is 15.0. The molecule has 2 N–H and O–H groups in total. The highest BCUT2D eigenvalue weighted by molar-refractivity contribution is 14.0. The zero-order chi connectivity index (χ0) is 20.2. The minimum absolute atomic E-state index is 0. The standard InChI is InChI=1S/C22H38N4O2.HI/c1-5-28-21(18(2)3)10-11-24-22(23-4)25-16-19-6-8-20(9-7-19)17-26-12-14-27-15-13-26;/h6-9,18,21H,5,10-17H2,1-4H3,(H2,23,24,25);1H. The van der Waals surface area contributed by atoms with Crippen molar-refractivity contribution < 1.29 is 9.47 Å². The molecule has 0 aliphatic carbocycles. The number of aliphatic imine (C=N–C) groups is 1. The maximum absolute atomic E-state index is 5.80. The van der Waals surface area contributed by atoms with Gasteiger partial charge in [0.25, 0.3) is 0 Å². The van der Waals surface area contributed by atoms with E-state index in [1.165, 1.54) is 11.1 Å².